The van der Waals surface area contributed by atoms with Crippen molar-refractivity contribution in [2.75, 3.05) is 0 Å². The second-order valence-electron chi connectivity index (χ2n) is 6.74. The molecular formula is C17H26O2. The van der Waals surface area contributed by atoms with E-state index in [0.29, 0.717) is 18.3 Å². The zero-order valence-corrected chi connectivity index (χ0v) is 12.5. The van der Waals surface area contributed by atoms with E-state index in [9.17, 15) is 5.11 Å². The molecule has 1 aromatic rings. The second-order valence-corrected chi connectivity index (χ2v) is 6.74. The molecule has 19 heavy (non-hydrogen) atoms. The molecule has 1 N–H and O–H groups in total. The summed E-state index contributed by atoms with van der Waals surface area (Å²) in [5, 5.41) is 10.4. The molecular weight excluding hydrogens is 236 g/mol. The van der Waals surface area contributed by atoms with Gasteiger partial charge in [-0.3, -0.25) is 0 Å². The van der Waals surface area contributed by atoms with Gasteiger partial charge in [-0.15, -0.1) is 0 Å². The molecule has 0 bridgehead atoms. The van der Waals surface area contributed by atoms with Crippen molar-refractivity contribution in [3.8, 4) is 5.75 Å². The van der Waals surface area contributed by atoms with Crippen molar-refractivity contribution in [2.45, 2.75) is 58.7 Å². The minimum absolute atomic E-state index is 0.212. The zero-order chi connectivity index (χ0) is 14.0. The molecule has 0 aromatic heterocycles. The first-order valence-corrected chi connectivity index (χ1v) is 7.38. The van der Waals surface area contributed by atoms with Crippen LogP contribution in [0, 0.1) is 11.8 Å². The summed E-state index contributed by atoms with van der Waals surface area (Å²) < 4.78 is 6.35. The van der Waals surface area contributed by atoms with Crippen LogP contribution in [-0.4, -0.2) is 10.7 Å². The maximum absolute atomic E-state index is 10.4. The van der Waals surface area contributed by atoms with Gasteiger partial charge in [0.2, 0.25) is 0 Å². The van der Waals surface area contributed by atoms with Crippen LogP contribution < -0.4 is 4.74 Å². The number of hydrogen-bond acceptors (Lipinski definition) is 2. The van der Waals surface area contributed by atoms with Crippen LogP contribution in [0.3, 0.4) is 0 Å². The largest absolute Gasteiger partial charge is 0.487 e. The van der Waals surface area contributed by atoms with Crippen molar-refractivity contribution in [1.82, 2.24) is 0 Å². The highest BCUT2D eigenvalue weighted by Gasteiger charge is 2.41. The first kappa shape index (κ1) is 14.4. The van der Waals surface area contributed by atoms with E-state index < -0.39 is 6.10 Å². The maximum atomic E-state index is 10.4. The van der Waals surface area contributed by atoms with E-state index in [4.69, 9.17) is 4.74 Å². The molecule has 0 fully saturated rings. The number of fused-ring (bicyclic) bond motifs is 1. The number of aliphatic hydroxyl groups excluding tert-OH is 1. The Morgan fingerprint density at radius 1 is 1.16 bits per heavy atom. The summed E-state index contributed by atoms with van der Waals surface area (Å²) in [4.78, 5) is 0. The number of ether oxygens (including phenoxy) is 1. The minimum Gasteiger partial charge on any atom is -0.487 e. The molecule has 2 heteroatoms. The summed E-state index contributed by atoms with van der Waals surface area (Å²) >= 11 is 0. The number of benzene rings is 1. The van der Waals surface area contributed by atoms with Crippen LogP contribution in [0.5, 0.6) is 5.75 Å². The zero-order valence-electron chi connectivity index (χ0n) is 12.5. The topological polar surface area (TPSA) is 29.5 Å². The average Bonchev–Trinajstić information content (AvgIpc) is 2.26. The van der Waals surface area contributed by atoms with Crippen LogP contribution in [-0.2, 0) is 0 Å². The van der Waals surface area contributed by atoms with E-state index in [1.54, 1.807) is 0 Å². The van der Waals surface area contributed by atoms with E-state index in [-0.39, 0.29) is 5.60 Å². The summed E-state index contributed by atoms with van der Waals surface area (Å²) in [5.41, 5.74) is 0.724. The molecule has 1 aliphatic heterocycles. The molecule has 1 aliphatic rings. The summed E-state index contributed by atoms with van der Waals surface area (Å²) in [6, 6.07) is 7.89. The standard InChI is InChI=1S/C17H26O2/c1-12(2)9-17(10-13(3)4)11-15(18)14-7-5-6-8-16(14)19-17/h5-8,12-13,15,18H,9-11H2,1-4H3/t15-/m1/s1. The first-order chi connectivity index (χ1) is 8.92. The van der Waals surface area contributed by atoms with Crippen LogP contribution in [0.4, 0.5) is 0 Å². The molecule has 2 rings (SSSR count). The van der Waals surface area contributed by atoms with Gasteiger partial charge in [-0.1, -0.05) is 45.9 Å². The van der Waals surface area contributed by atoms with Crippen molar-refractivity contribution in [2.24, 2.45) is 11.8 Å². The Balaban J connectivity index is 2.31. The Hall–Kier alpha value is -1.02. The molecule has 1 aromatic carbocycles. The molecule has 0 aliphatic carbocycles. The Kier molecular flexibility index (Phi) is 4.19. The molecule has 0 unspecified atom stereocenters. The third-order valence-electron chi connectivity index (χ3n) is 3.73. The van der Waals surface area contributed by atoms with Gasteiger partial charge in [0, 0.05) is 12.0 Å². The van der Waals surface area contributed by atoms with E-state index in [2.05, 4.69) is 27.7 Å². The summed E-state index contributed by atoms with van der Waals surface area (Å²) in [5.74, 6) is 2.00. The van der Waals surface area contributed by atoms with Gasteiger partial charge < -0.3 is 9.84 Å². The summed E-state index contributed by atoms with van der Waals surface area (Å²) in [6.07, 6.45) is 2.30. The smallest absolute Gasteiger partial charge is 0.125 e. The molecule has 106 valence electrons. The third-order valence-corrected chi connectivity index (χ3v) is 3.73. The Morgan fingerprint density at radius 2 is 1.74 bits per heavy atom. The van der Waals surface area contributed by atoms with Gasteiger partial charge in [-0.25, -0.2) is 0 Å². The molecule has 0 spiro atoms. The van der Waals surface area contributed by atoms with Crippen molar-refractivity contribution in [1.29, 1.82) is 0 Å². The Morgan fingerprint density at radius 3 is 2.32 bits per heavy atom. The molecule has 0 saturated carbocycles. The highest BCUT2D eigenvalue weighted by atomic mass is 16.5. The molecule has 1 atom stereocenters. The summed E-state index contributed by atoms with van der Waals surface area (Å²) in [7, 11) is 0. The highest BCUT2D eigenvalue weighted by molar-refractivity contribution is 5.38. The lowest BCUT2D eigenvalue weighted by molar-refractivity contribution is -0.0406. The number of rotatable bonds is 4. The fourth-order valence-electron chi connectivity index (χ4n) is 3.41. The number of para-hydroxylation sites is 1. The van der Waals surface area contributed by atoms with Crippen molar-refractivity contribution >= 4 is 0 Å². The molecule has 0 saturated heterocycles. The van der Waals surface area contributed by atoms with Gasteiger partial charge in [0.15, 0.2) is 0 Å². The average molecular weight is 262 g/mol. The van der Waals surface area contributed by atoms with Crippen LogP contribution in [0.25, 0.3) is 0 Å². The molecule has 2 nitrogen and oxygen atoms in total. The summed E-state index contributed by atoms with van der Waals surface area (Å²) in [6.45, 7) is 8.88. The minimum atomic E-state index is -0.401. The fourth-order valence-corrected chi connectivity index (χ4v) is 3.41. The lowest BCUT2D eigenvalue weighted by Crippen LogP contribution is -2.43. The van der Waals surface area contributed by atoms with Crippen molar-refractivity contribution < 1.29 is 9.84 Å². The van der Waals surface area contributed by atoms with Gasteiger partial charge in [-0.05, 0) is 30.7 Å². The van der Waals surface area contributed by atoms with Crippen LogP contribution >= 0.6 is 0 Å². The van der Waals surface area contributed by atoms with Gasteiger partial charge in [0.05, 0.1) is 6.10 Å². The van der Waals surface area contributed by atoms with Crippen molar-refractivity contribution in [3.63, 3.8) is 0 Å². The quantitative estimate of drug-likeness (QED) is 0.875. The monoisotopic (exact) mass is 262 g/mol. The van der Waals surface area contributed by atoms with E-state index in [1.165, 1.54) is 0 Å². The van der Waals surface area contributed by atoms with E-state index in [1.807, 2.05) is 24.3 Å². The predicted molar refractivity (Wildman–Crippen MR) is 78.3 cm³/mol. The van der Waals surface area contributed by atoms with E-state index in [0.717, 1.165) is 24.2 Å². The lowest BCUT2D eigenvalue weighted by Gasteiger charge is -2.43. The number of hydrogen-bond donors (Lipinski definition) is 1. The molecule has 0 amide bonds. The SMILES string of the molecule is CC(C)CC1(CC(C)C)C[C@@H](O)c2ccccc2O1. The van der Waals surface area contributed by atoms with Gasteiger partial charge in [0.1, 0.15) is 11.4 Å². The fraction of sp³-hybridized carbons (Fsp3) is 0.647. The normalized spacial score (nSPS) is 21.3. The highest BCUT2D eigenvalue weighted by Crippen LogP contribution is 2.44. The third kappa shape index (κ3) is 3.30. The Bertz CT molecular complexity index is 413. The lowest BCUT2D eigenvalue weighted by atomic mass is 9.78. The van der Waals surface area contributed by atoms with Gasteiger partial charge >= 0.3 is 0 Å². The van der Waals surface area contributed by atoms with Crippen molar-refractivity contribution in [3.05, 3.63) is 29.8 Å². The van der Waals surface area contributed by atoms with Crippen LogP contribution in [0.1, 0.15) is 58.6 Å². The van der Waals surface area contributed by atoms with Gasteiger partial charge in [0.25, 0.3) is 0 Å². The molecule has 1 heterocycles. The van der Waals surface area contributed by atoms with Crippen LogP contribution in [0.15, 0.2) is 24.3 Å². The number of aliphatic hydroxyl groups is 1. The van der Waals surface area contributed by atoms with Crippen LogP contribution in [0.2, 0.25) is 0 Å². The van der Waals surface area contributed by atoms with Gasteiger partial charge in [-0.2, -0.15) is 0 Å². The predicted octanol–water partition coefficient (Wildman–Crippen LogP) is 4.33. The second kappa shape index (κ2) is 5.54. The maximum Gasteiger partial charge on any atom is 0.125 e. The van der Waals surface area contributed by atoms with E-state index >= 15 is 0 Å². The Labute approximate surface area is 116 Å². The first-order valence-electron chi connectivity index (χ1n) is 7.38. The molecule has 0 radical (unpaired) electrons.